The van der Waals surface area contributed by atoms with E-state index in [1.807, 2.05) is 0 Å². The van der Waals surface area contributed by atoms with Crippen LogP contribution < -0.4 is 9.80 Å². The van der Waals surface area contributed by atoms with Gasteiger partial charge in [-0.05, 0) is 151 Å². The Hall–Kier alpha value is -11.6. The Balaban J connectivity index is 0.948. The van der Waals surface area contributed by atoms with E-state index in [2.05, 4.69) is 364 Å². The van der Waals surface area contributed by atoms with Crippen LogP contribution in [-0.2, 0) is 16.2 Å². The summed E-state index contributed by atoms with van der Waals surface area (Å²) < 4.78 is 0. The van der Waals surface area contributed by atoms with Gasteiger partial charge in [0.05, 0.1) is 27.6 Å². The number of para-hydroxylation sites is 4. The molecule has 436 valence electrons. The monoisotopic (exact) mass is 1180 g/mol. The van der Waals surface area contributed by atoms with E-state index in [-0.39, 0.29) is 0 Å². The molecule has 2 nitrogen and oxygen atoms in total. The minimum absolute atomic E-state index is 0.520. The number of hydrogen-bond donors (Lipinski definition) is 0. The number of rotatable bonds is 7. The summed E-state index contributed by atoms with van der Waals surface area (Å²) in [7, 11) is 4.56. The van der Waals surface area contributed by atoms with Crippen molar-refractivity contribution in [3.05, 3.63) is 406 Å². The van der Waals surface area contributed by atoms with Crippen LogP contribution in [0.2, 0.25) is 0 Å². The van der Waals surface area contributed by atoms with Crippen molar-refractivity contribution in [3.63, 3.8) is 0 Å². The van der Waals surface area contributed by atoms with Crippen LogP contribution in [0.3, 0.4) is 0 Å². The number of hydrogen-bond acceptors (Lipinski definition) is 2. The maximum Gasteiger partial charge on any atom is 0.0742 e. The molecule has 15 aromatic carbocycles. The first-order chi connectivity index (χ1) is 46.0. The van der Waals surface area contributed by atoms with Crippen molar-refractivity contribution in [2.75, 3.05) is 23.9 Å². The van der Waals surface area contributed by atoms with E-state index in [0.29, 0.717) is 0 Å². The highest BCUT2D eigenvalue weighted by Gasteiger charge is 2.53. The Morgan fingerprint density at radius 2 is 0.495 bits per heavy atom. The summed E-state index contributed by atoms with van der Waals surface area (Å²) in [6.45, 7) is 0. The Labute approximate surface area is 543 Å². The van der Waals surface area contributed by atoms with Crippen LogP contribution in [0.4, 0.5) is 22.7 Å². The minimum atomic E-state index is -0.635. The predicted molar refractivity (Wildman–Crippen MR) is 387 cm³/mol. The summed E-state index contributed by atoms with van der Waals surface area (Å²) >= 11 is 0. The molecule has 2 aliphatic heterocycles. The van der Waals surface area contributed by atoms with Gasteiger partial charge >= 0.3 is 0 Å². The molecule has 0 saturated heterocycles. The summed E-state index contributed by atoms with van der Waals surface area (Å²) in [5.41, 5.74) is 30.6. The average molecular weight is 1180 g/mol. The molecule has 0 aromatic heterocycles. The quantitative estimate of drug-likeness (QED) is 0.147. The zero-order chi connectivity index (χ0) is 61.6. The van der Waals surface area contributed by atoms with E-state index >= 15 is 0 Å². The lowest BCUT2D eigenvalue weighted by atomic mass is 9.62. The third kappa shape index (κ3) is 7.02. The first-order valence-corrected chi connectivity index (χ1v) is 32.6. The van der Waals surface area contributed by atoms with E-state index in [4.69, 9.17) is 0 Å². The zero-order valence-corrected chi connectivity index (χ0v) is 51.7. The molecule has 0 unspecified atom stereocenters. The van der Waals surface area contributed by atoms with Crippen LogP contribution in [0, 0.1) is 0 Å². The number of anilines is 4. The normalized spacial score (nSPS) is 14.6. The number of nitrogens with zero attached hydrogens (tertiary/aromatic N) is 2. The lowest BCUT2D eigenvalue weighted by molar-refractivity contribution is 0.728. The summed E-state index contributed by atoms with van der Waals surface area (Å²) in [6.07, 6.45) is 0. The van der Waals surface area contributed by atoms with Gasteiger partial charge in [0.15, 0.2) is 0 Å². The minimum Gasteiger partial charge on any atom is -0.344 e. The van der Waals surface area contributed by atoms with Gasteiger partial charge in [-0.25, -0.2) is 0 Å². The molecule has 0 fully saturated rings. The Morgan fingerprint density at radius 1 is 0.194 bits per heavy atom. The number of benzene rings is 15. The molecule has 93 heavy (non-hydrogen) atoms. The molecule has 0 radical (unpaired) electrons. The van der Waals surface area contributed by atoms with E-state index in [0.717, 1.165) is 0 Å². The van der Waals surface area contributed by atoms with E-state index < -0.39 is 16.2 Å². The Morgan fingerprint density at radius 3 is 0.925 bits per heavy atom. The second-order valence-electron chi connectivity index (χ2n) is 25.7. The van der Waals surface area contributed by atoms with E-state index in [1.54, 1.807) is 0 Å². The first kappa shape index (κ1) is 53.3. The highest BCUT2D eigenvalue weighted by atomic mass is 15.1. The molecule has 2 aliphatic carbocycles. The van der Waals surface area contributed by atoms with Gasteiger partial charge in [-0.2, -0.15) is 0 Å². The maximum absolute atomic E-state index is 2.57. The molecule has 0 amide bonds. The standard InChI is InChI=1S/C91H62N2/c1-92-83-56-23-21-51-78(83)89(59-30-7-3-8-31-59,60-32-9-4-10-33-60)81-54-27-45-69(87(81)92)63-41-25-43-67-73(63)58-74-64(70-46-28-55-82-88(70)93(2)84-57-24-22-52-79(84)90(82,61-34-11-5-12-35-61)62-36-13-6-14-37-62)42-26-44-68(74)85(67)72-47-29-53-80-86(72)71-40-17-20-50-77(71)91(80)75-48-18-15-38-65(75)66-39-16-19-49-76(66)91/h3-58H,1-2H3. The molecule has 2 heteroatoms. The molecule has 0 saturated carbocycles. The van der Waals surface area contributed by atoms with Crippen LogP contribution in [0.1, 0.15) is 66.8 Å². The highest BCUT2D eigenvalue weighted by molar-refractivity contribution is 6.22. The van der Waals surface area contributed by atoms with E-state index in [9.17, 15) is 0 Å². The van der Waals surface area contributed by atoms with Crippen molar-refractivity contribution in [2.24, 2.45) is 0 Å². The van der Waals surface area contributed by atoms with Crippen molar-refractivity contribution in [2.45, 2.75) is 16.2 Å². The molecule has 4 aliphatic rings. The molecule has 0 atom stereocenters. The fourth-order valence-corrected chi connectivity index (χ4v) is 18.2. The van der Waals surface area contributed by atoms with Crippen molar-refractivity contribution in [3.8, 4) is 55.6 Å². The van der Waals surface area contributed by atoms with Crippen LogP contribution in [0.25, 0.3) is 77.2 Å². The van der Waals surface area contributed by atoms with Crippen LogP contribution in [0.5, 0.6) is 0 Å². The van der Waals surface area contributed by atoms with Crippen molar-refractivity contribution in [1.29, 1.82) is 0 Å². The molecule has 2 heterocycles. The summed E-state index contributed by atoms with van der Waals surface area (Å²) in [6, 6.07) is 129. The van der Waals surface area contributed by atoms with Crippen molar-refractivity contribution < 1.29 is 0 Å². The van der Waals surface area contributed by atoms with Crippen LogP contribution in [-0.4, -0.2) is 14.1 Å². The van der Waals surface area contributed by atoms with Gasteiger partial charge in [-0.1, -0.05) is 322 Å². The SMILES string of the molecule is CN1c2ccccc2C(c2ccccc2)(c2ccccc2)c2cccc(-c3cccc4c(-c5cccc6c5-c5ccccc5C65c6ccccc6-c6ccccc65)c5cccc(-c6cccc7c6N(C)c6ccccc6C7(c6ccccc6)c6ccccc6)c5cc34)c21. The van der Waals surface area contributed by atoms with Gasteiger partial charge < -0.3 is 9.80 Å². The highest BCUT2D eigenvalue weighted by Crippen LogP contribution is 2.66. The fourth-order valence-electron chi connectivity index (χ4n) is 18.2. The largest absolute Gasteiger partial charge is 0.344 e. The molecule has 19 rings (SSSR count). The lowest BCUT2D eigenvalue weighted by Gasteiger charge is -2.46. The molecule has 1 spiro atoms. The molecule has 0 bridgehead atoms. The van der Waals surface area contributed by atoms with Crippen LogP contribution >= 0.6 is 0 Å². The second-order valence-corrected chi connectivity index (χ2v) is 25.7. The van der Waals surface area contributed by atoms with Crippen LogP contribution in [0.15, 0.2) is 340 Å². The number of fused-ring (bicyclic) bond motifs is 16. The smallest absolute Gasteiger partial charge is 0.0742 e. The Bertz CT molecular complexity index is 5180. The van der Waals surface area contributed by atoms with Gasteiger partial charge in [-0.15, -0.1) is 0 Å². The average Bonchev–Trinajstić information content (AvgIpc) is 1.65. The third-order valence-corrected chi connectivity index (χ3v) is 21.6. The lowest BCUT2D eigenvalue weighted by Crippen LogP contribution is -2.38. The van der Waals surface area contributed by atoms with Crippen molar-refractivity contribution >= 4 is 44.3 Å². The molecule has 0 N–H and O–H groups in total. The first-order valence-electron chi connectivity index (χ1n) is 32.6. The van der Waals surface area contributed by atoms with Gasteiger partial charge in [0.25, 0.3) is 0 Å². The second kappa shape index (κ2) is 20.2. The Kier molecular flexibility index (Phi) is 11.6. The van der Waals surface area contributed by atoms with Gasteiger partial charge in [0.2, 0.25) is 0 Å². The van der Waals surface area contributed by atoms with Crippen molar-refractivity contribution in [1.82, 2.24) is 0 Å². The molecular weight excluding hydrogens is 1120 g/mol. The maximum atomic E-state index is 2.57. The summed E-state index contributed by atoms with van der Waals surface area (Å²) in [4.78, 5) is 4.95. The van der Waals surface area contributed by atoms with Gasteiger partial charge in [0.1, 0.15) is 0 Å². The van der Waals surface area contributed by atoms with E-state index in [1.165, 1.54) is 167 Å². The molecule has 15 aromatic rings. The van der Waals surface area contributed by atoms with Gasteiger partial charge in [0, 0.05) is 36.6 Å². The topological polar surface area (TPSA) is 6.48 Å². The summed E-state index contributed by atoms with van der Waals surface area (Å²) in [5, 5.41) is 4.80. The zero-order valence-electron chi connectivity index (χ0n) is 51.7. The van der Waals surface area contributed by atoms with Gasteiger partial charge in [-0.3, -0.25) is 0 Å². The predicted octanol–water partition coefficient (Wildman–Crippen LogP) is 22.3. The third-order valence-electron chi connectivity index (χ3n) is 21.6. The fraction of sp³-hybridized carbons (Fsp3) is 0.0549. The summed E-state index contributed by atoms with van der Waals surface area (Å²) in [5.74, 6) is 0. The molecular formula is C91H62N2.